The monoisotopic (exact) mass is 233 g/mol. The predicted octanol–water partition coefficient (Wildman–Crippen LogP) is 1.29. The summed E-state index contributed by atoms with van der Waals surface area (Å²) in [6, 6.07) is 10.0. The van der Waals surface area contributed by atoms with Gasteiger partial charge in [-0.25, -0.2) is 0 Å². The van der Waals surface area contributed by atoms with Gasteiger partial charge in [-0.2, -0.15) is 10.3 Å². The van der Waals surface area contributed by atoms with E-state index >= 15 is 0 Å². The van der Waals surface area contributed by atoms with Gasteiger partial charge in [0, 0.05) is 6.54 Å². The molecule has 0 radical (unpaired) electrons. The van der Waals surface area contributed by atoms with Crippen LogP contribution in [0.5, 0.6) is 0 Å². The predicted molar refractivity (Wildman–Crippen MR) is 65.9 cm³/mol. The van der Waals surface area contributed by atoms with E-state index in [1.165, 1.54) is 5.56 Å². The van der Waals surface area contributed by atoms with Gasteiger partial charge in [0.15, 0.2) is 10.9 Å². The molecule has 0 saturated carbocycles. The average Bonchev–Trinajstić information content (AvgIpc) is 2.81. The van der Waals surface area contributed by atoms with Crippen molar-refractivity contribution in [2.75, 3.05) is 5.32 Å². The lowest BCUT2D eigenvalue weighted by Crippen LogP contribution is -2.27. The summed E-state index contributed by atoms with van der Waals surface area (Å²) in [4.78, 5) is 0. The van der Waals surface area contributed by atoms with Crippen LogP contribution in [0.2, 0.25) is 0 Å². The zero-order valence-corrected chi connectivity index (χ0v) is 9.29. The maximum atomic E-state index is 5.10. The van der Waals surface area contributed by atoms with E-state index in [4.69, 9.17) is 12.2 Å². The Bertz CT molecular complexity index is 439. The molecular weight excluding hydrogens is 222 g/mol. The first kappa shape index (κ1) is 10.6. The molecule has 2 rings (SSSR count). The molecule has 16 heavy (non-hydrogen) atoms. The molecule has 5 nitrogen and oxygen atoms in total. The third kappa shape index (κ3) is 3.03. The lowest BCUT2D eigenvalue weighted by molar-refractivity contribution is 0.921. The second-order valence-electron chi connectivity index (χ2n) is 3.15. The largest absolute Gasteiger partial charge is 0.358 e. The summed E-state index contributed by atoms with van der Waals surface area (Å²) in [6.45, 7) is 0.685. The minimum atomic E-state index is 0.526. The number of anilines is 1. The van der Waals surface area contributed by atoms with Gasteiger partial charge in [0.2, 0.25) is 0 Å². The van der Waals surface area contributed by atoms with Crippen molar-refractivity contribution in [1.29, 1.82) is 0 Å². The number of nitrogens with zero attached hydrogens (tertiary/aromatic N) is 2. The number of rotatable bonds is 3. The van der Waals surface area contributed by atoms with Gasteiger partial charge in [-0.3, -0.25) is 0 Å². The van der Waals surface area contributed by atoms with Crippen molar-refractivity contribution >= 4 is 23.1 Å². The Morgan fingerprint density at radius 1 is 1.31 bits per heavy atom. The molecule has 2 aromatic rings. The van der Waals surface area contributed by atoms with Gasteiger partial charge in [0.05, 0.1) is 6.20 Å². The molecule has 1 heterocycles. The van der Waals surface area contributed by atoms with Gasteiger partial charge in [-0.1, -0.05) is 30.3 Å². The van der Waals surface area contributed by atoms with E-state index in [-0.39, 0.29) is 0 Å². The zero-order valence-electron chi connectivity index (χ0n) is 8.47. The summed E-state index contributed by atoms with van der Waals surface area (Å²) in [7, 11) is 0. The van der Waals surface area contributed by atoms with Crippen LogP contribution in [0.15, 0.2) is 36.5 Å². The normalized spacial score (nSPS) is 9.75. The quantitative estimate of drug-likeness (QED) is 0.697. The van der Waals surface area contributed by atoms with Gasteiger partial charge in [0.25, 0.3) is 0 Å². The highest BCUT2D eigenvalue weighted by Crippen LogP contribution is 1.99. The van der Waals surface area contributed by atoms with E-state index in [0.717, 1.165) is 0 Å². The number of nitrogens with one attached hydrogen (secondary N) is 3. The van der Waals surface area contributed by atoms with Crippen LogP contribution < -0.4 is 10.6 Å². The van der Waals surface area contributed by atoms with Crippen LogP contribution in [0.3, 0.4) is 0 Å². The number of H-pyrrole nitrogens is 1. The lowest BCUT2D eigenvalue weighted by atomic mass is 10.2. The molecule has 0 unspecified atom stereocenters. The van der Waals surface area contributed by atoms with Crippen LogP contribution >= 0.6 is 12.2 Å². The third-order valence-electron chi connectivity index (χ3n) is 1.95. The van der Waals surface area contributed by atoms with Crippen molar-refractivity contribution in [3.8, 4) is 0 Å². The Morgan fingerprint density at radius 2 is 2.12 bits per heavy atom. The zero-order chi connectivity index (χ0) is 11.2. The molecule has 0 atom stereocenters. The van der Waals surface area contributed by atoms with Crippen molar-refractivity contribution in [2.24, 2.45) is 0 Å². The first-order valence-corrected chi connectivity index (χ1v) is 5.20. The van der Waals surface area contributed by atoms with Gasteiger partial charge in [-0.05, 0) is 17.8 Å². The molecule has 6 heteroatoms. The fourth-order valence-electron chi connectivity index (χ4n) is 1.20. The van der Waals surface area contributed by atoms with E-state index in [9.17, 15) is 0 Å². The molecule has 0 bridgehead atoms. The third-order valence-corrected chi connectivity index (χ3v) is 2.20. The molecule has 0 aliphatic carbocycles. The first-order chi connectivity index (χ1) is 7.84. The SMILES string of the molecule is S=C(NCc1ccccc1)Nc1cn[nH]n1. The minimum absolute atomic E-state index is 0.526. The van der Waals surface area contributed by atoms with Crippen LogP contribution in [0.1, 0.15) is 5.56 Å². The molecule has 0 aliphatic heterocycles. The lowest BCUT2D eigenvalue weighted by Gasteiger charge is -2.07. The molecule has 0 amide bonds. The summed E-state index contributed by atoms with van der Waals surface area (Å²) in [5.74, 6) is 0.602. The van der Waals surface area contributed by atoms with Crippen LogP contribution in [-0.2, 0) is 6.54 Å². The highest BCUT2D eigenvalue weighted by atomic mass is 32.1. The van der Waals surface area contributed by atoms with Crippen molar-refractivity contribution in [3.05, 3.63) is 42.1 Å². The summed E-state index contributed by atoms with van der Waals surface area (Å²) in [5.41, 5.74) is 1.17. The summed E-state index contributed by atoms with van der Waals surface area (Å²) in [6.07, 6.45) is 1.57. The number of aromatic amines is 1. The second-order valence-corrected chi connectivity index (χ2v) is 3.56. The molecule has 1 aromatic carbocycles. The van der Waals surface area contributed by atoms with Crippen LogP contribution in [0.4, 0.5) is 5.82 Å². The minimum Gasteiger partial charge on any atom is -0.358 e. The van der Waals surface area contributed by atoms with Crippen molar-refractivity contribution in [3.63, 3.8) is 0 Å². The van der Waals surface area contributed by atoms with Crippen LogP contribution in [0.25, 0.3) is 0 Å². The Morgan fingerprint density at radius 3 is 2.81 bits per heavy atom. The van der Waals surface area contributed by atoms with Gasteiger partial charge in [-0.15, -0.1) is 5.10 Å². The van der Waals surface area contributed by atoms with Crippen LogP contribution in [-0.4, -0.2) is 20.5 Å². The average molecular weight is 233 g/mol. The van der Waals surface area contributed by atoms with E-state index < -0.39 is 0 Å². The highest BCUT2D eigenvalue weighted by Gasteiger charge is 1.99. The van der Waals surface area contributed by atoms with Crippen molar-refractivity contribution < 1.29 is 0 Å². The summed E-state index contributed by atoms with van der Waals surface area (Å²) in [5, 5.41) is 16.5. The van der Waals surface area contributed by atoms with E-state index in [0.29, 0.717) is 17.5 Å². The maximum absolute atomic E-state index is 5.10. The summed E-state index contributed by atoms with van der Waals surface area (Å²) >= 11 is 5.10. The first-order valence-electron chi connectivity index (χ1n) is 4.79. The molecule has 0 saturated heterocycles. The maximum Gasteiger partial charge on any atom is 0.174 e. The van der Waals surface area contributed by atoms with E-state index in [1.807, 2.05) is 30.3 Å². The van der Waals surface area contributed by atoms with Gasteiger partial charge < -0.3 is 10.6 Å². The number of thiocarbonyl (C=S) groups is 1. The number of hydrogen-bond acceptors (Lipinski definition) is 3. The molecule has 82 valence electrons. The molecule has 0 spiro atoms. The van der Waals surface area contributed by atoms with Crippen molar-refractivity contribution in [1.82, 2.24) is 20.7 Å². The molecule has 0 aliphatic rings. The number of benzene rings is 1. The topological polar surface area (TPSA) is 65.6 Å². The Labute approximate surface area is 98.3 Å². The Hall–Kier alpha value is -1.95. The second kappa shape index (κ2) is 5.22. The summed E-state index contributed by atoms with van der Waals surface area (Å²) < 4.78 is 0. The van der Waals surface area contributed by atoms with Crippen molar-refractivity contribution in [2.45, 2.75) is 6.54 Å². The Balaban J connectivity index is 1.80. The smallest absolute Gasteiger partial charge is 0.174 e. The molecule has 1 aromatic heterocycles. The fraction of sp³-hybridized carbons (Fsp3) is 0.100. The number of hydrogen-bond donors (Lipinski definition) is 3. The van der Waals surface area contributed by atoms with E-state index in [2.05, 4.69) is 26.0 Å². The van der Waals surface area contributed by atoms with Gasteiger partial charge >= 0.3 is 0 Å². The highest BCUT2D eigenvalue weighted by molar-refractivity contribution is 7.80. The number of aromatic nitrogens is 3. The molecule has 3 N–H and O–H groups in total. The van der Waals surface area contributed by atoms with E-state index in [1.54, 1.807) is 6.20 Å². The fourth-order valence-corrected chi connectivity index (χ4v) is 1.38. The van der Waals surface area contributed by atoms with Gasteiger partial charge in [0.1, 0.15) is 0 Å². The molecule has 0 fully saturated rings. The Kier molecular flexibility index (Phi) is 3.45. The standard InChI is InChI=1S/C10H11N5S/c16-10(13-9-7-12-15-14-9)11-6-8-4-2-1-3-5-8/h1-5,7H,6H2,(H3,11,12,13,14,15,16). The molecular formula is C10H11N5S. The van der Waals surface area contributed by atoms with Crippen LogP contribution in [0, 0.1) is 0 Å².